The van der Waals surface area contributed by atoms with E-state index in [1.807, 2.05) is 0 Å². The summed E-state index contributed by atoms with van der Waals surface area (Å²) in [5.41, 5.74) is 5.66. The minimum Gasteiger partial charge on any atom is -0.307 e. The fourth-order valence-corrected chi connectivity index (χ4v) is 2.97. The monoisotopic (exact) mass is 281 g/mol. The van der Waals surface area contributed by atoms with Crippen molar-refractivity contribution in [1.29, 1.82) is 0 Å². The van der Waals surface area contributed by atoms with Crippen LogP contribution in [0.3, 0.4) is 0 Å². The van der Waals surface area contributed by atoms with E-state index in [1.165, 1.54) is 28.7 Å². The van der Waals surface area contributed by atoms with Gasteiger partial charge in [-0.05, 0) is 41.6 Å². The summed E-state index contributed by atoms with van der Waals surface area (Å²) in [6, 6.07) is 18.1. The van der Waals surface area contributed by atoms with Crippen molar-refractivity contribution in [1.82, 2.24) is 5.32 Å². The Morgan fingerprint density at radius 1 is 0.952 bits per heavy atom. The molecule has 21 heavy (non-hydrogen) atoms. The van der Waals surface area contributed by atoms with E-state index in [4.69, 9.17) is 0 Å². The van der Waals surface area contributed by atoms with Gasteiger partial charge in [0.25, 0.3) is 0 Å². The van der Waals surface area contributed by atoms with Crippen LogP contribution in [0.5, 0.6) is 0 Å². The molecule has 0 saturated carbocycles. The third-order valence-electron chi connectivity index (χ3n) is 3.98. The zero-order chi connectivity index (χ0) is 15.1. The first-order chi connectivity index (χ1) is 10.3. The molecule has 0 aliphatic heterocycles. The molecule has 1 heteroatoms. The first-order valence-corrected chi connectivity index (χ1v) is 8.20. The molecule has 0 heterocycles. The second-order valence-corrected chi connectivity index (χ2v) is 5.54. The van der Waals surface area contributed by atoms with E-state index in [-0.39, 0.29) is 0 Å². The van der Waals surface area contributed by atoms with E-state index in [0.29, 0.717) is 6.04 Å². The summed E-state index contributed by atoms with van der Waals surface area (Å²) in [6.45, 7) is 7.62. The molecule has 2 aromatic rings. The summed E-state index contributed by atoms with van der Waals surface area (Å²) in [6.07, 6.45) is 3.43. The summed E-state index contributed by atoms with van der Waals surface area (Å²) in [5, 5.41) is 3.66. The number of aryl methyl sites for hydroxylation is 2. The number of hydrogen-bond acceptors (Lipinski definition) is 1. The maximum Gasteiger partial charge on any atom is 0.0579 e. The van der Waals surface area contributed by atoms with Crippen molar-refractivity contribution in [3.05, 3.63) is 70.8 Å². The highest BCUT2D eigenvalue weighted by atomic mass is 14.9. The van der Waals surface area contributed by atoms with Gasteiger partial charge >= 0.3 is 0 Å². The number of nitrogens with one attached hydrogen (secondary N) is 1. The fraction of sp³-hybridized carbons (Fsp3) is 0.400. The Labute approximate surface area is 129 Å². The van der Waals surface area contributed by atoms with Crippen LogP contribution in [0.4, 0.5) is 0 Å². The number of rotatable bonds is 7. The molecule has 0 bridgehead atoms. The zero-order valence-electron chi connectivity index (χ0n) is 13.5. The molecular formula is C20H27N. The first-order valence-electron chi connectivity index (χ1n) is 8.20. The molecule has 0 aliphatic carbocycles. The first kappa shape index (κ1) is 15.8. The van der Waals surface area contributed by atoms with Gasteiger partial charge < -0.3 is 5.32 Å². The molecular weight excluding hydrogens is 254 g/mol. The lowest BCUT2D eigenvalue weighted by molar-refractivity contribution is 0.624. The lowest BCUT2D eigenvalue weighted by Gasteiger charge is -2.22. The smallest absolute Gasteiger partial charge is 0.0579 e. The number of benzene rings is 2. The van der Waals surface area contributed by atoms with Crippen molar-refractivity contribution >= 4 is 0 Å². The topological polar surface area (TPSA) is 12.0 Å². The van der Waals surface area contributed by atoms with E-state index >= 15 is 0 Å². The normalized spacial score (nSPS) is 12.3. The molecule has 0 radical (unpaired) electrons. The summed E-state index contributed by atoms with van der Waals surface area (Å²) in [7, 11) is 0. The van der Waals surface area contributed by atoms with Crippen LogP contribution in [-0.2, 0) is 12.8 Å². The maximum atomic E-state index is 3.66. The maximum absolute atomic E-state index is 3.66. The minimum atomic E-state index is 0.294. The Hall–Kier alpha value is -1.60. The molecule has 2 aromatic carbocycles. The molecule has 2 rings (SSSR count). The SMILES string of the molecule is CCCc1cccc(C(NCC)c2ccccc2CC)c1. The van der Waals surface area contributed by atoms with Crippen LogP contribution in [0.15, 0.2) is 48.5 Å². The lowest BCUT2D eigenvalue weighted by atomic mass is 9.92. The fourth-order valence-electron chi connectivity index (χ4n) is 2.97. The van der Waals surface area contributed by atoms with E-state index in [9.17, 15) is 0 Å². The van der Waals surface area contributed by atoms with Crippen LogP contribution < -0.4 is 5.32 Å². The molecule has 1 unspecified atom stereocenters. The van der Waals surface area contributed by atoms with Crippen molar-refractivity contribution in [3.8, 4) is 0 Å². The Bertz CT molecular complexity index is 559. The predicted octanol–water partition coefficient (Wildman–Crippen LogP) is 4.90. The summed E-state index contributed by atoms with van der Waals surface area (Å²) >= 11 is 0. The van der Waals surface area contributed by atoms with E-state index < -0.39 is 0 Å². The van der Waals surface area contributed by atoms with Gasteiger partial charge in [0.15, 0.2) is 0 Å². The van der Waals surface area contributed by atoms with Gasteiger partial charge in [-0.1, -0.05) is 75.7 Å². The van der Waals surface area contributed by atoms with Crippen LogP contribution in [-0.4, -0.2) is 6.54 Å². The molecule has 0 aliphatic rings. The van der Waals surface area contributed by atoms with Crippen molar-refractivity contribution in [3.63, 3.8) is 0 Å². The Balaban J connectivity index is 2.40. The van der Waals surface area contributed by atoms with Gasteiger partial charge in [-0.15, -0.1) is 0 Å². The Morgan fingerprint density at radius 3 is 2.48 bits per heavy atom. The van der Waals surface area contributed by atoms with Crippen molar-refractivity contribution in [2.45, 2.75) is 46.1 Å². The third-order valence-corrected chi connectivity index (χ3v) is 3.98. The summed E-state index contributed by atoms with van der Waals surface area (Å²) in [4.78, 5) is 0. The highest BCUT2D eigenvalue weighted by Gasteiger charge is 2.15. The molecule has 1 nitrogen and oxygen atoms in total. The highest BCUT2D eigenvalue weighted by Crippen LogP contribution is 2.26. The molecule has 1 atom stereocenters. The largest absolute Gasteiger partial charge is 0.307 e. The average molecular weight is 281 g/mol. The Kier molecular flexibility index (Phi) is 6.01. The van der Waals surface area contributed by atoms with Gasteiger partial charge in [0.1, 0.15) is 0 Å². The van der Waals surface area contributed by atoms with E-state index in [1.54, 1.807) is 0 Å². The van der Waals surface area contributed by atoms with Gasteiger partial charge in [-0.2, -0.15) is 0 Å². The second kappa shape index (κ2) is 7.99. The van der Waals surface area contributed by atoms with Crippen molar-refractivity contribution < 1.29 is 0 Å². The van der Waals surface area contributed by atoms with Crippen molar-refractivity contribution in [2.75, 3.05) is 6.54 Å². The van der Waals surface area contributed by atoms with Gasteiger partial charge in [0.2, 0.25) is 0 Å². The van der Waals surface area contributed by atoms with Crippen LogP contribution in [0.2, 0.25) is 0 Å². The summed E-state index contributed by atoms with van der Waals surface area (Å²) in [5.74, 6) is 0. The van der Waals surface area contributed by atoms with Crippen LogP contribution in [0.25, 0.3) is 0 Å². The lowest BCUT2D eigenvalue weighted by Crippen LogP contribution is -2.23. The molecule has 0 amide bonds. The quantitative estimate of drug-likeness (QED) is 0.761. The third kappa shape index (κ3) is 3.95. The van der Waals surface area contributed by atoms with Crippen LogP contribution in [0, 0.1) is 0 Å². The van der Waals surface area contributed by atoms with Gasteiger partial charge in [0.05, 0.1) is 6.04 Å². The zero-order valence-corrected chi connectivity index (χ0v) is 13.5. The van der Waals surface area contributed by atoms with Gasteiger partial charge in [0, 0.05) is 0 Å². The molecule has 0 aromatic heterocycles. The van der Waals surface area contributed by atoms with Gasteiger partial charge in [-0.3, -0.25) is 0 Å². The second-order valence-electron chi connectivity index (χ2n) is 5.54. The number of hydrogen-bond donors (Lipinski definition) is 1. The van der Waals surface area contributed by atoms with E-state index in [0.717, 1.165) is 19.4 Å². The molecule has 0 spiro atoms. The minimum absolute atomic E-state index is 0.294. The van der Waals surface area contributed by atoms with Gasteiger partial charge in [-0.25, -0.2) is 0 Å². The standard InChI is InChI=1S/C20H27N/c1-4-10-16-11-9-13-18(15-16)20(21-6-3)19-14-8-7-12-17(19)5-2/h7-9,11-15,20-21H,4-6,10H2,1-3H3. The van der Waals surface area contributed by atoms with Crippen LogP contribution >= 0.6 is 0 Å². The summed E-state index contributed by atoms with van der Waals surface area (Å²) < 4.78 is 0. The van der Waals surface area contributed by atoms with Crippen molar-refractivity contribution in [2.24, 2.45) is 0 Å². The molecule has 1 N–H and O–H groups in total. The van der Waals surface area contributed by atoms with Crippen LogP contribution in [0.1, 0.15) is 55.5 Å². The Morgan fingerprint density at radius 2 is 1.76 bits per heavy atom. The highest BCUT2D eigenvalue weighted by molar-refractivity contribution is 5.39. The average Bonchev–Trinajstić information content (AvgIpc) is 2.53. The molecule has 0 saturated heterocycles. The molecule has 0 fully saturated rings. The molecule has 112 valence electrons. The predicted molar refractivity (Wildman–Crippen MR) is 91.8 cm³/mol. The van der Waals surface area contributed by atoms with E-state index in [2.05, 4.69) is 74.6 Å².